The molecule has 1 aromatic carbocycles. The molecule has 1 aromatic rings. The van der Waals surface area contributed by atoms with Crippen LogP contribution in [-0.4, -0.2) is 55.8 Å². The van der Waals surface area contributed by atoms with Crippen LogP contribution in [0.25, 0.3) is 0 Å². The Kier molecular flexibility index (Phi) is 7.15. The second kappa shape index (κ2) is 9.11. The summed E-state index contributed by atoms with van der Waals surface area (Å²) >= 11 is 0. The minimum absolute atomic E-state index is 0. The third-order valence-corrected chi connectivity index (χ3v) is 4.41. The molecule has 5 nitrogen and oxygen atoms in total. The maximum atomic E-state index is 12.4. The van der Waals surface area contributed by atoms with E-state index in [-0.39, 0.29) is 24.9 Å². The van der Waals surface area contributed by atoms with Gasteiger partial charge in [0.25, 0.3) is 0 Å². The predicted molar refractivity (Wildman–Crippen MR) is 91.1 cm³/mol. The number of halogens is 1. The van der Waals surface area contributed by atoms with Gasteiger partial charge in [-0.15, -0.1) is 12.4 Å². The molecule has 1 N–H and O–H groups in total. The fraction of sp³-hybridized carbons (Fsp3) is 0.588. The Labute approximate surface area is 143 Å². The quantitative estimate of drug-likeness (QED) is 0.803. The number of hydrogen-bond donors (Lipinski definition) is 1. The fourth-order valence-corrected chi connectivity index (χ4v) is 3.36. The zero-order chi connectivity index (χ0) is 15.2. The molecule has 6 heteroatoms. The number of fused-ring (bicyclic) bond motifs is 2. The van der Waals surface area contributed by atoms with Gasteiger partial charge in [-0.2, -0.15) is 0 Å². The Morgan fingerprint density at radius 2 is 1.91 bits per heavy atom. The standard InChI is InChI=1S/C17H24N2O3.ClH/c20-17(19-14-6-7-15(19)12-18-9-8-14)13-21-10-11-22-16-4-2-1-3-5-16;/h1-5,14-15,18H,6-13H2;1H. The molecule has 0 spiro atoms. The average Bonchev–Trinajstić information content (AvgIpc) is 2.81. The van der Waals surface area contributed by atoms with Gasteiger partial charge in [0.15, 0.2) is 0 Å². The molecular formula is C17H25ClN2O3. The van der Waals surface area contributed by atoms with Crippen molar-refractivity contribution >= 4 is 18.3 Å². The lowest BCUT2D eigenvalue weighted by atomic mass is 10.1. The van der Waals surface area contributed by atoms with Gasteiger partial charge < -0.3 is 19.7 Å². The van der Waals surface area contributed by atoms with Crippen LogP contribution in [0.15, 0.2) is 30.3 Å². The smallest absolute Gasteiger partial charge is 0.249 e. The fourth-order valence-electron chi connectivity index (χ4n) is 3.36. The predicted octanol–water partition coefficient (Wildman–Crippen LogP) is 1.86. The van der Waals surface area contributed by atoms with Gasteiger partial charge in [0.2, 0.25) is 5.91 Å². The molecule has 0 aliphatic carbocycles. The van der Waals surface area contributed by atoms with Crippen molar-refractivity contribution in [1.82, 2.24) is 10.2 Å². The van der Waals surface area contributed by atoms with Crippen LogP contribution in [-0.2, 0) is 9.53 Å². The van der Waals surface area contributed by atoms with Crippen molar-refractivity contribution in [2.45, 2.75) is 31.3 Å². The van der Waals surface area contributed by atoms with Crippen LogP contribution < -0.4 is 10.1 Å². The first kappa shape index (κ1) is 18.0. The molecule has 3 rings (SSSR count). The Morgan fingerprint density at radius 3 is 2.74 bits per heavy atom. The number of ether oxygens (including phenoxy) is 2. The van der Waals surface area contributed by atoms with Crippen molar-refractivity contribution < 1.29 is 14.3 Å². The Morgan fingerprint density at radius 1 is 1.13 bits per heavy atom. The molecule has 1 amide bonds. The molecule has 2 bridgehead atoms. The third kappa shape index (κ3) is 4.83. The van der Waals surface area contributed by atoms with Crippen molar-refractivity contribution in [2.75, 3.05) is 32.9 Å². The van der Waals surface area contributed by atoms with Gasteiger partial charge >= 0.3 is 0 Å². The van der Waals surface area contributed by atoms with Crippen LogP contribution in [0.3, 0.4) is 0 Å². The van der Waals surface area contributed by atoms with E-state index in [4.69, 9.17) is 9.47 Å². The van der Waals surface area contributed by atoms with Crippen LogP contribution in [0, 0.1) is 0 Å². The molecule has 0 radical (unpaired) electrons. The first-order chi connectivity index (χ1) is 10.8. The number of hydrogen-bond acceptors (Lipinski definition) is 4. The lowest BCUT2D eigenvalue weighted by molar-refractivity contribution is -0.139. The summed E-state index contributed by atoms with van der Waals surface area (Å²) in [7, 11) is 0. The molecule has 0 aromatic heterocycles. The summed E-state index contributed by atoms with van der Waals surface area (Å²) in [5.41, 5.74) is 0. The minimum atomic E-state index is 0. The first-order valence-electron chi connectivity index (χ1n) is 8.12. The van der Waals surface area contributed by atoms with Gasteiger partial charge in [-0.1, -0.05) is 18.2 Å². The Hall–Kier alpha value is -1.30. The molecule has 23 heavy (non-hydrogen) atoms. The molecule has 2 saturated heterocycles. The van der Waals surface area contributed by atoms with Gasteiger partial charge in [-0.3, -0.25) is 4.79 Å². The van der Waals surface area contributed by atoms with E-state index in [0.29, 0.717) is 25.3 Å². The maximum absolute atomic E-state index is 12.4. The number of benzene rings is 1. The third-order valence-electron chi connectivity index (χ3n) is 4.41. The molecule has 0 saturated carbocycles. The summed E-state index contributed by atoms with van der Waals surface area (Å²) in [5, 5.41) is 3.40. The highest BCUT2D eigenvalue weighted by Crippen LogP contribution is 2.27. The summed E-state index contributed by atoms with van der Waals surface area (Å²) in [4.78, 5) is 14.4. The topological polar surface area (TPSA) is 50.8 Å². The van der Waals surface area contributed by atoms with Crippen molar-refractivity contribution in [3.05, 3.63) is 30.3 Å². The van der Waals surface area contributed by atoms with Gasteiger partial charge in [0, 0.05) is 18.6 Å². The molecule has 2 unspecified atom stereocenters. The van der Waals surface area contributed by atoms with Gasteiger partial charge in [0.1, 0.15) is 19.0 Å². The Balaban J connectivity index is 0.00000192. The average molecular weight is 341 g/mol. The molecular weight excluding hydrogens is 316 g/mol. The minimum Gasteiger partial charge on any atom is -0.491 e. The van der Waals surface area contributed by atoms with Gasteiger partial charge in [-0.05, 0) is 37.9 Å². The number of nitrogens with zero attached hydrogens (tertiary/aromatic N) is 1. The van der Waals surface area contributed by atoms with Crippen LogP contribution in [0.5, 0.6) is 5.75 Å². The lowest BCUT2D eigenvalue weighted by Crippen LogP contribution is -2.44. The number of rotatable bonds is 6. The van der Waals surface area contributed by atoms with E-state index >= 15 is 0 Å². The molecule has 128 valence electrons. The van der Waals surface area contributed by atoms with Crippen molar-refractivity contribution in [3.8, 4) is 5.75 Å². The van der Waals surface area contributed by atoms with Crippen molar-refractivity contribution in [1.29, 1.82) is 0 Å². The zero-order valence-electron chi connectivity index (χ0n) is 13.3. The highest BCUT2D eigenvalue weighted by molar-refractivity contribution is 5.85. The summed E-state index contributed by atoms with van der Waals surface area (Å²) in [6.07, 6.45) is 3.30. The number of nitrogens with one attached hydrogen (secondary N) is 1. The molecule has 2 atom stereocenters. The van der Waals surface area contributed by atoms with Crippen LogP contribution in [0.1, 0.15) is 19.3 Å². The first-order valence-corrected chi connectivity index (χ1v) is 8.12. The summed E-state index contributed by atoms with van der Waals surface area (Å²) in [6.45, 7) is 2.98. The summed E-state index contributed by atoms with van der Waals surface area (Å²) in [5.74, 6) is 0.949. The SMILES string of the molecule is Cl.O=C(COCCOc1ccccc1)N1C2CCNCC1CC2. The van der Waals surface area contributed by atoms with Gasteiger partial charge in [0.05, 0.1) is 6.61 Å². The van der Waals surface area contributed by atoms with Gasteiger partial charge in [-0.25, -0.2) is 0 Å². The van der Waals surface area contributed by atoms with E-state index in [1.165, 1.54) is 0 Å². The monoisotopic (exact) mass is 340 g/mol. The number of para-hydroxylation sites is 1. The van der Waals surface area contributed by atoms with E-state index in [2.05, 4.69) is 10.2 Å². The zero-order valence-corrected chi connectivity index (χ0v) is 14.1. The van der Waals surface area contributed by atoms with Crippen LogP contribution in [0.4, 0.5) is 0 Å². The maximum Gasteiger partial charge on any atom is 0.249 e. The number of amides is 1. The van der Waals surface area contributed by atoms with E-state index in [9.17, 15) is 4.79 Å². The van der Waals surface area contributed by atoms with Crippen LogP contribution >= 0.6 is 12.4 Å². The molecule has 2 heterocycles. The second-order valence-corrected chi connectivity index (χ2v) is 5.89. The number of carbonyl (C=O) groups excluding carboxylic acids is 1. The summed E-state index contributed by atoms with van der Waals surface area (Å²) < 4.78 is 11.0. The lowest BCUT2D eigenvalue weighted by Gasteiger charge is -2.27. The van der Waals surface area contributed by atoms with Crippen molar-refractivity contribution in [2.24, 2.45) is 0 Å². The summed E-state index contributed by atoms with van der Waals surface area (Å²) in [6, 6.07) is 10.4. The largest absolute Gasteiger partial charge is 0.491 e. The number of carbonyl (C=O) groups is 1. The normalized spacial score (nSPS) is 23.0. The van der Waals surface area contributed by atoms with E-state index in [1.54, 1.807) is 0 Å². The molecule has 2 aliphatic heterocycles. The van der Waals surface area contributed by atoms with E-state index in [1.807, 2.05) is 30.3 Å². The Bertz CT molecular complexity index is 472. The molecule has 2 aliphatic rings. The highest BCUT2D eigenvalue weighted by Gasteiger charge is 2.37. The van der Waals surface area contributed by atoms with E-state index < -0.39 is 0 Å². The highest BCUT2D eigenvalue weighted by atomic mass is 35.5. The van der Waals surface area contributed by atoms with E-state index in [0.717, 1.165) is 38.1 Å². The second-order valence-electron chi connectivity index (χ2n) is 5.89. The van der Waals surface area contributed by atoms with Crippen LogP contribution in [0.2, 0.25) is 0 Å². The van der Waals surface area contributed by atoms with Crippen molar-refractivity contribution in [3.63, 3.8) is 0 Å². The molecule has 2 fully saturated rings.